The van der Waals surface area contributed by atoms with E-state index in [9.17, 15) is 0 Å². The Hall–Kier alpha value is -7.75. The first kappa shape index (κ1) is 33.6. The fourth-order valence-corrected chi connectivity index (χ4v) is 8.69. The second-order valence-electron chi connectivity index (χ2n) is 14.8. The zero-order chi connectivity index (χ0) is 38.4. The summed E-state index contributed by atoms with van der Waals surface area (Å²) in [6, 6.07) is 71.6. The SMILES string of the molecule is c1ccc(-c2cc(-c3cccc(-c4ccncc4)c3)nc(-c3cccc(-c4c5ccccc5c(-c5cc6ccccc6c6ccccc56)c5ccccc45)c3)n2)cc1. The van der Waals surface area contributed by atoms with E-state index in [1.165, 1.54) is 59.8 Å². The Bertz CT molecular complexity index is 3280. The molecule has 270 valence electrons. The number of pyridine rings is 1. The molecule has 0 aliphatic carbocycles. The van der Waals surface area contributed by atoms with Gasteiger partial charge in [-0.3, -0.25) is 4.98 Å². The van der Waals surface area contributed by atoms with E-state index in [-0.39, 0.29) is 0 Å². The van der Waals surface area contributed by atoms with Crippen LogP contribution in [-0.4, -0.2) is 15.0 Å². The normalized spacial score (nSPS) is 11.4. The molecule has 0 amide bonds. The van der Waals surface area contributed by atoms with E-state index in [1.807, 2.05) is 30.6 Å². The van der Waals surface area contributed by atoms with E-state index < -0.39 is 0 Å². The lowest BCUT2D eigenvalue weighted by atomic mass is 9.83. The van der Waals surface area contributed by atoms with Gasteiger partial charge in [-0.2, -0.15) is 0 Å². The lowest BCUT2D eigenvalue weighted by molar-refractivity contribution is 1.18. The Morgan fingerprint density at radius 3 is 1.48 bits per heavy atom. The number of nitrogens with zero attached hydrogens (tertiary/aromatic N) is 3. The predicted octanol–water partition coefficient (Wildman–Crippen LogP) is 14.5. The first-order valence-corrected chi connectivity index (χ1v) is 19.7. The van der Waals surface area contributed by atoms with Crippen molar-refractivity contribution in [2.24, 2.45) is 0 Å². The van der Waals surface area contributed by atoms with Crippen LogP contribution in [0.5, 0.6) is 0 Å². The van der Waals surface area contributed by atoms with Crippen molar-refractivity contribution in [3.63, 3.8) is 0 Å². The highest BCUT2D eigenvalue weighted by Gasteiger charge is 2.20. The topological polar surface area (TPSA) is 38.7 Å². The molecule has 0 unspecified atom stereocenters. The Morgan fingerprint density at radius 2 is 0.776 bits per heavy atom. The minimum absolute atomic E-state index is 0.681. The molecule has 2 aromatic heterocycles. The summed E-state index contributed by atoms with van der Waals surface area (Å²) in [7, 11) is 0. The maximum absolute atomic E-state index is 5.28. The minimum Gasteiger partial charge on any atom is -0.265 e. The average molecular weight is 738 g/mol. The van der Waals surface area contributed by atoms with Crippen molar-refractivity contribution in [3.8, 4) is 67.3 Å². The van der Waals surface area contributed by atoms with E-state index in [0.29, 0.717) is 5.82 Å². The number of hydrogen-bond donors (Lipinski definition) is 0. The first-order valence-electron chi connectivity index (χ1n) is 19.7. The lowest BCUT2D eigenvalue weighted by Crippen LogP contribution is -1.97. The van der Waals surface area contributed by atoms with Crippen molar-refractivity contribution >= 4 is 43.1 Å². The first-order chi connectivity index (χ1) is 28.8. The van der Waals surface area contributed by atoms with Gasteiger partial charge in [0, 0.05) is 29.1 Å². The summed E-state index contributed by atoms with van der Waals surface area (Å²) in [4.78, 5) is 14.7. The Morgan fingerprint density at radius 1 is 0.276 bits per heavy atom. The minimum atomic E-state index is 0.681. The van der Waals surface area contributed by atoms with Crippen molar-refractivity contribution in [3.05, 3.63) is 213 Å². The van der Waals surface area contributed by atoms with Gasteiger partial charge in [-0.15, -0.1) is 0 Å². The van der Waals surface area contributed by atoms with Gasteiger partial charge in [0.05, 0.1) is 11.4 Å². The zero-order valence-corrected chi connectivity index (χ0v) is 31.5. The van der Waals surface area contributed by atoms with Gasteiger partial charge in [0.1, 0.15) is 0 Å². The number of aromatic nitrogens is 3. The van der Waals surface area contributed by atoms with Crippen LogP contribution in [0.25, 0.3) is 110 Å². The molecule has 11 rings (SSSR count). The highest BCUT2D eigenvalue weighted by molar-refractivity contribution is 6.25. The van der Waals surface area contributed by atoms with E-state index in [4.69, 9.17) is 9.97 Å². The quantitative estimate of drug-likeness (QED) is 0.126. The Labute approximate surface area is 336 Å². The molecule has 0 atom stereocenters. The highest BCUT2D eigenvalue weighted by Crippen LogP contribution is 2.47. The molecule has 3 heteroatoms. The molecule has 11 aromatic rings. The summed E-state index contributed by atoms with van der Waals surface area (Å²) < 4.78 is 0. The maximum atomic E-state index is 5.28. The van der Waals surface area contributed by atoms with Crippen LogP contribution in [0.4, 0.5) is 0 Å². The molecule has 2 heterocycles. The largest absolute Gasteiger partial charge is 0.265 e. The molecule has 0 bridgehead atoms. The van der Waals surface area contributed by atoms with Gasteiger partial charge in [-0.05, 0) is 113 Å². The summed E-state index contributed by atoms with van der Waals surface area (Å²) >= 11 is 0. The number of fused-ring (bicyclic) bond motifs is 5. The molecule has 0 fully saturated rings. The van der Waals surface area contributed by atoms with E-state index in [0.717, 1.165) is 44.8 Å². The predicted molar refractivity (Wildman–Crippen MR) is 242 cm³/mol. The molecule has 0 spiro atoms. The van der Waals surface area contributed by atoms with Crippen LogP contribution in [-0.2, 0) is 0 Å². The molecular weight excluding hydrogens is 703 g/mol. The van der Waals surface area contributed by atoms with Crippen LogP contribution in [0, 0.1) is 0 Å². The second-order valence-corrected chi connectivity index (χ2v) is 14.8. The monoisotopic (exact) mass is 737 g/mol. The molecule has 0 radical (unpaired) electrons. The van der Waals surface area contributed by atoms with Gasteiger partial charge < -0.3 is 0 Å². The van der Waals surface area contributed by atoms with E-state index in [1.54, 1.807) is 0 Å². The van der Waals surface area contributed by atoms with Gasteiger partial charge in [0.15, 0.2) is 5.82 Å². The van der Waals surface area contributed by atoms with Crippen molar-refractivity contribution in [1.29, 1.82) is 0 Å². The summed E-state index contributed by atoms with van der Waals surface area (Å²) in [5.74, 6) is 0.681. The third kappa shape index (κ3) is 5.80. The number of rotatable bonds is 6. The van der Waals surface area contributed by atoms with Crippen LogP contribution >= 0.6 is 0 Å². The van der Waals surface area contributed by atoms with Crippen LogP contribution in [0.1, 0.15) is 0 Å². The van der Waals surface area contributed by atoms with Gasteiger partial charge in [-0.1, -0.05) is 164 Å². The molecule has 0 saturated carbocycles. The molecule has 0 aliphatic heterocycles. The van der Waals surface area contributed by atoms with Gasteiger partial charge in [-0.25, -0.2) is 9.97 Å². The van der Waals surface area contributed by atoms with Gasteiger partial charge >= 0.3 is 0 Å². The van der Waals surface area contributed by atoms with Crippen LogP contribution in [0.15, 0.2) is 213 Å². The number of hydrogen-bond acceptors (Lipinski definition) is 3. The third-order valence-electron chi connectivity index (χ3n) is 11.3. The summed E-state index contributed by atoms with van der Waals surface area (Å²) in [6.45, 7) is 0. The molecule has 58 heavy (non-hydrogen) atoms. The molecule has 9 aromatic carbocycles. The lowest BCUT2D eigenvalue weighted by Gasteiger charge is -2.20. The molecular formula is C55H35N3. The second kappa shape index (κ2) is 14.1. The molecule has 3 nitrogen and oxygen atoms in total. The van der Waals surface area contributed by atoms with Crippen molar-refractivity contribution in [2.75, 3.05) is 0 Å². The zero-order valence-electron chi connectivity index (χ0n) is 31.5. The third-order valence-corrected chi connectivity index (χ3v) is 11.3. The summed E-state index contributed by atoms with van der Waals surface area (Å²) in [6.07, 6.45) is 3.66. The summed E-state index contributed by atoms with van der Waals surface area (Å²) in [5.41, 5.74) is 11.8. The smallest absolute Gasteiger partial charge is 0.160 e. The van der Waals surface area contributed by atoms with Crippen molar-refractivity contribution in [2.45, 2.75) is 0 Å². The van der Waals surface area contributed by atoms with Crippen LogP contribution in [0.3, 0.4) is 0 Å². The van der Waals surface area contributed by atoms with E-state index >= 15 is 0 Å². The van der Waals surface area contributed by atoms with E-state index in [2.05, 4.69) is 187 Å². The van der Waals surface area contributed by atoms with Crippen LogP contribution in [0.2, 0.25) is 0 Å². The molecule has 0 saturated heterocycles. The van der Waals surface area contributed by atoms with Gasteiger partial charge in [0.2, 0.25) is 0 Å². The van der Waals surface area contributed by atoms with Crippen LogP contribution < -0.4 is 0 Å². The fraction of sp³-hybridized carbons (Fsp3) is 0. The van der Waals surface area contributed by atoms with Gasteiger partial charge in [0.25, 0.3) is 0 Å². The highest BCUT2D eigenvalue weighted by atomic mass is 14.9. The number of benzene rings is 9. The van der Waals surface area contributed by atoms with Crippen molar-refractivity contribution < 1.29 is 0 Å². The molecule has 0 N–H and O–H groups in total. The summed E-state index contributed by atoms with van der Waals surface area (Å²) in [5, 5.41) is 9.89. The maximum Gasteiger partial charge on any atom is 0.160 e. The Kier molecular flexibility index (Phi) is 8.15. The fourth-order valence-electron chi connectivity index (χ4n) is 8.69. The Balaban J connectivity index is 1.12. The average Bonchev–Trinajstić information content (AvgIpc) is 3.31. The molecule has 0 aliphatic rings. The standard InChI is InChI=1S/C55H35N3/c1-2-14-37(15-3-1)51-35-52(40-18-12-17-38(32-40)36-28-30-56-31-29-36)58-55(57-51)42-20-13-19-41(33-42)53-46-24-8-10-26-48(46)54(49-27-11-9-25-47(49)53)50-34-39-16-4-5-21-43(39)44-22-6-7-23-45(44)50/h1-35H. The van der Waals surface area contributed by atoms with Crippen molar-refractivity contribution in [1.82, 2.24) is 15.0 Å².